The zero-order valence-corrected chi connectivity index (χ0v) is 23.2. The highest BCUT2D eigenvalue weighted by atomic mass is 19.1. The summed E-state index contributed by atoms with van der Waals surface area (Å²) in [6.07, 6.45) is 1.92. The maximum absolute atomic E-state index is 14.3. The molecule has 6 heteroatoms. The first-order chi connectivity index (χ1) is 19.8. The minimum absolute atomic E-state index is 0.148. The standard InChI is InChI=1S/C35H35FN2O3/c1-24(37)30-12-8-11-27(21-30)22-31(23-41-25(2)39)34(20-15-26-9-4-3-5-10-26)38-35(40)29-18-16-28(17-19-29)32-13-6-7-14-33(32)36/h3-14,16-19,21,31,34H,1,15,20,22-23,37H2,2H3,(H,38,40). The summed E-state index contributed by atoms with van der Waals surface area (Å²) < 4.78 is 19.8. The first-order valence-electron chi connectivity index (χ1n) is 13.7. The van der Waals surface area contributed by atoms with E-state index in [-0.39, 0.29) is 36.3 Å². The Kier molecular flexibility index (Phi) is 10.1. The highest BCUT2D eigenvalue weighted by Crippen LogP contribution is 2.24. The molecule has 41 heavy (non-hydrogen) atoms. The molecule has 1 amide bonds. The maximum atomic E-state index is 14.3. The van der Waals surface area contributed by atoms with Crippen LogP contribution in [-0.2, 0) is 22.4 Å². The van der Waals surface area contributed by atoms with Crippen LogP contribution < -0.4 is 11.1 Å². The number of carbonyl (C=O) groups is 2. The fourth-order valence-electron chi connectivity index (χ4n) is 4.88. The Bertz CT molecular complexity index is 1490. The summed E-state index contributed by atoms with van der Waals surface area (Å²) in [4.78, 5) is 25.3. The molecule has 0 fully saturated rings. The van der Waals surface area contributed by atoms with Crippen LogP contribution in [0.4, 0.5) is 4.39 Å². The van der Waals surface area contributed by atoms with Crippen LogP contribution in [0.2, 0.25) is 0 Å². The lowest BCUT2D eigenvalue weighted by molar-refractivity contribution is -0.142. The average molecular weight is 551 g/mol. The van der Waals surface area contributed by atoms with Gasteiger partial charge in [-0.2, -0.15) is 0 Å². The summed E-state index contributed by atoms with van der Waals surface area (Å²) in [6.45, 7) is 5.36. The van der Waals surface area contributed by atoms with Crippen molar-refractivity contribution in [3.8, 4) is 11.1 Å². The number of rotatable bonds is 12. The number of esters is 1. The second kappa shape index (κ2) is 14.1. The number of benzene rings is 4. The molecule has 4 aromatic carbocycles. The van der Waals surface area contributed by atoms with Gasteiger partial charge in [0.05, 0.1) is 6.61 Å². The van der Waals surface area contributed by atoms with Crippen molar-refractivity contribution in [3.63, 3.8) is 0 Å². The maximum Gasteiger partial charge on any atom is 0.302 e. The average Bonchev–Trinajstić information content (AvgIpc) is 2.98. The van der Waals surface area contributed by atoms with Crippen molar-refractivity contribution in [2.24, 2.45) is 11.7 Å². The van der Waals surface area contributed by atoms with Crippen molar-refractivity contribution in [1.29, 1.82) is 0 Å². The second-order valence-corrected chi connectivity index (χ2v) is 10.2. The van der Waals surface area contributed by atoms with Gasteiger partial charge >= 0.3 is 5.97 Å². The lowest BCUT2D eigenvalue weighted by atomic mass is 9.88. The quantitative estimate of drug-likeness (QED) is 0.195. The number of carbonyl (C=O) groups excluding carboxylic acids is 2. The number of hydrogen-bond acceptors (Lipinski definition) is 4. The van der Waals surface area contributed by atoms with Crippen molar-refractivity contribution < 1.29 is 18.7 Å². The molecule has 0 aliphatic heterocycles. The van der Waals surface area contributed by atoms with Gasteiger partial charge in [-0.1, -0.05) is 85.4 Å². The van der Waals surface area contributed by atoms with Gasteiger partial charge in [0.15, 0.2) is 0 Å². The largest absolute Gasteiger partial charge is 0.465 e. The van der Waals surface area contributed by atoms with E-state index in [0.717, 1.165) is 23.1 Å². The highest BCUT2D eigenvalue weighted by molar-refractivity contribution is 5.95. The Morgan fingerprint density at radius 2 is 1.56 bits per heavy atom. The summed E-state index contributed by atoms with van der Waals surface area (Å²) in [6, 6.07) is 30.9. The zero-order valence-electron chi connectivity index (χ0n) is 23.2. The molecule has 3 N–H and O–H groups in total. The van der Waals surface area contributed by atoms with Gasteiger partial charge in [0.25, 0.3) is 5.91 Å². The molecule has 0 aliphatic carbocycles. The molecular formula is C35H35FN2O3. The van der Waals surface area contributed by atoms with Crippen molar-refractivity contribution in [2.75, 3.05) is 6.61 Å². The van der Waals surface area contributed by atoms with Gasteiger partial charge in [-0.25, -0.2) is 4.39 Å². The lowest BCUT2D eigenvalue weighted by Gasteiger charge is -2.28. The van der Waals surface area contributed by atoms with Gasteiger partial charge < -0.3 is 15.8 Å². The van der Waals surface area contributed by atoms with Crippen LogP contribution in [0.5, 0.6) is 0 Å². The number of halogens is 1. The van der Waals surface area contributed by atoms with Crippen LogP contribution in [0.3, 0.4) is 0 Å². The van der Waals surface area contributed by atoms with Crippen LogP contribution in [-0.4, -0.2) is 24.5 Å². The van der Waals surface area contributed by atoms with Gasteiger partial charge in [0, 0.05) is 35.7 Å². The molecule has 0 heterocycles. The monoisotopic (exact) mass is 550 g/mol. The van der Waals surface area contributed by atoms with E-state index in [9.17, 15) is 14.0 Å². The molecule has 2 atom stereocenters. The topological polar surface area (TPSA) is 81.4 Å². The minimum Gasteiger partial charge on any atom is -0.465 e. The Balaban J connectivity index is 1.59. The first kappa shape index (κ1) is 29.3. The molecule has 5 nitrogen and oxygen atoms in total. The van der Waals surface area contributed by atoms with Gasteiger partial charge in [0.1, 0.15) is 5.82 Å². The van der Waals surface area contributed by atoms with E-state index < -0.39 is 0 Å². The van der Waals surface area contributed by atoms with Crippen molar-refractivity contribution >= 4 is 17.6 Å². The molecule has 2 unspecified atom stereocenters. The molecule has 0 aliphatic rings. The second-order valence-electron chi connectivity index (χ2n) is 10.2. The van der Waals surface area contributed by atoms with Crippen LogP contribution >= 0.6 is 0 Å². The molecule has 0 radical (unpaired) electrons. The number of aryl methyl sites for hydroxylation is 1. The number of ether oxygens (including phenoxy) is 1. The van der Waals surface area contributed by atoms with Crippen molar-refractivity contribution in [3.05, 3.63) is 138 Å². The predicted molar refractivity (Wildman–Crippen MR) is 161 cm³/mol. The molecule has 210 valence electrons. The fraction of sp³-hybridized carbons (Fsp3) is 0.200. The Morgan fingerprint density at radius 3 is 2.24 bits per heavy atom. The van der Waals surface area contributed by atoms with E-state index in [0.29, 0.717) is 35.2 Å². The van der Waals surface area contributed by atoms with Crippen LogP contribution in [0.15, 0.2) is 110 Å². The predicted octanol–water partition coefficient (Wildman–Crippen LogP) is 6.58. The molecule has 0 saturated carbocycles. The number of hydrogen-bond donors (Lipinski definition) is 2. The molecule has 0 aromatic heterocycles. The highest BCUT2D eigenvalue weighted by Gasteiger charge is 2.26. The fourth-order valence-corrected chi connectivity index (χ4v) is 4.88. The van der Waals surface area contributed by atoms with E-state index in [2.05, 4.69) is 24.0 Å². The minimum atomic E-state index is -0.379. The number of amides is 1. The SMILES string of the molecule is C=C(N)c1cccc(CC(COC(C)=O)C(CCc2ccccc2)NC(=O)c2ccc(-c3ccccc3F)cc2)c1. The van der Waals surface area contributed by atoms with Gasteiger partial charge in [-0.05, 0) is 65.8 Å². The van der Waals surface area contributed by atoms with E-state index in [1.807, 2.05) is 42.5 Å². The van der Waals surface area contributed by atoms with Crippen LogP contribution in [0, 0.1) is 11.7 Å². The first-order valence-corrected chi connectivity index (χ1v) is 13.7. The third-order valence-corrected chi connectivity index (χ3v) is 7.10. The zero-order chi connectivity index (χ0) is 29.2. The Morgan fingerprint density at radius 1 is 0.878 bits per heavy atom. The summed E-state index contributed by atoms with van der Waals surface area (Å²) in [7, 11) is 0. The van der Waals surface area contributed by atoms with E-state index >= 15 is 0 Å². The summed E-state index contributed by atoms with van der Waals surface area (Å²) >= 11 is 0. The van der Waals surface area contributed by atoms with E-state index in [4.69, 9.17) is 10.5 Å². The Labute approximate surface area is 240 Å². The lowest BCUT2D eigenvalue weighted by Crippen LogP contribution is -2.43. The molecule has 0 bridgehead atoms. The number of nitrogens with two attached hydrogens (primary N) is 1. The molecule has 4 rings (SSSR count). The van der Waals surface area contributed by atoms with Gasteiger partial charge in [0.2, 0.25) is 0 Å². The Hall–Kier alpha value is -4.71. The summed E-state index contributed by atoms with van der Waals surface area (Å²) in [5.41, 5.74) is 11.0. The van der Waals surface area contributed by atoms with Gasteiger partial charge in [-0.15, -0.1) is 0 Å². The van der Waals surface area contributed by atoms with Crippen LogP contribution in [0.25, 0.3) is 16.8 Å². The summed E-state index contributed by atoms with van der Waals surface area (Å²) in [5.74, 6) is -1.15. The third kappa shape index (κ3) is 8.39. The number of nitrogens with one attached hydrogen (secondary N) is 1. The van der Waals surface area contributed by atoms with Crippen molar-refractivity contribution in [2.45, 2.75) is 32.2 Å². The van der Waals surface area contributed by atoms with E-state index in [1.165, 1.54) is 13.0 Å². The normalized spacial score (nSPS) is 12.2. The molecule has 0 saturated heterocycles. The van der Waals surface area contributed by atoms with Crippen molar-refractivity contribution in [1.82, 2.24) is 5.32 Å². The smallest absolute Gasteiger partial charge is 0.302 e. The molecule has 4 aromatic rings. The molecular weight excluding hydrogens is 515 g/mol. The molecule has 0 spiro atoms. The summed E-state index contributed by atoms with van der Waals surface area (Å²) in [5, 5.41) is 3.21. The van der Waals surface area contributed by atoms with Crippen LogP contribution in [0.1, 0.15) is 40.4 Å². The van der Waals surface area contributed by atoms with E-state index in [1.54, 1.807) is 42.5 Å². The third-order valence-electron chi connectivity index (χ3n) is 7.10. The van der Waals surface area contributed by atoms with Gasteiger partial charge in [-0.3, -0.25) is 9.59 Å².